The van der Waals surface area contributed by atoms with E-state index in [0.29, 0.717) is 12.0 Å². The maximum atomic E-state index is 5.60. The molecule has 0 N–H and O–H groups in total. The highest BCUT2D eigenvalue weighted by atomic mass is 16.5. The molecule has 0 spiro atoms. The normalized spacial score (nSPS) is 31.4. The second-order valence-corrected chi connectivity index (χ2v) is 2.93. The first-order chi connectivity index (χ1) is 4.84. The Bertz CT molecular complexity index is 118. The van der Waals surface area contributed by atoms with Crippen molar-refractivity contribution in [1.82, 2.24) is 0 Å². The zero-order valence-corrected chi connectivity index (χ0v) is 6.84. The van der Waals surface area contributed by atoms with Crippen LogP contribution in [-0.2, 0) is 4.74 Å². The largest absolute Gasteiger partial charge is 0.377 e. The summed E-state index contributed by atoms with van der Waals surface area (Å²) in [7, 11) is 0. The molecule has 0 aromatic rings. The molecule has 0 aliphatic heterocycles. The van der Waals surface area contributed by atoms with E-state index < -0.39 is 0 Å². The second kappa shape index (κ2) is 3.77. The predicted octanol–water partition coefficient (Wildman–Crippen LogP) is 2.38. The summed E-state index contributed by atoms with van der Waals surface area (Å²) >= 11 is 0. The van der Waals surface area contributed by atoms with Gasteiger partial charge >= 0.3 is 0 Å². The lowest BCUT2D eigenvalue weighted by Gasteiger charge is -2.15. The van der Waals surface area contributed by atoms with E-state index in [1.54, 1.807) is 0 Å². The highest BCUT2D eigenvalue weighted by Crippen LogP contribution is 2.20. The van der Waals surface area contributed by atoms with Crippen molar-refractivity contribution in [3.05, 3.63) is 12.2 Å². The molecular weight excluding hydrogens is 124 g/mol. The van der Waals surface area contributed by atoms with Crippen molar-refractivity contribution in [2.24, 2.45) is 5.92 Å². The van der Waals surface area contributed by atoms with Crippen molar-refractivity contribution in [3.63, 3.8) is 0 Å². The Balaban J connectivity index is 2.17. The van der Waals surface area contributed by atoms with Crippen LogP contribution in [0.4, 0.5) is 0 Å². The molecule has 0 radical (unpaired) electrons. The van der Waals surface area contributed by atoms with Gasteiger partial charge in [-0.15, -0.1) is 0 Å². The minimum absolute atomic E-state index is 0.472. The molecule has 1 nitrogen and oxygen atoms in total. The topological polar surface area (TPSA) is 9.23 Å². The van der Waals surface area contributed by atoms with Gasteiger partial charge in [0.1, 0.15) is 0 Å². The third-order valence-corrected chi connectivity index (χ3v) is 1.93. The molecule has 2 unspecified atom stereocenters. The van der Waals surface area contributed by atoms with Gasteiger partial charge in [-0.3, -0.25) is 0 Å². The van der Waals surface area contributed by atoms with Crippen LogP contribution in [0.1, 0.15) is 26.7 Å². The minimum Gasteiger partial charge on any atom is -0.377 e. The van der Waals surface area contributed by atoms with Crippen molar-refractivity contribution in [1.29, 1.82) is 0 Å². The summed E-state index contributed by atoms with van der Waals surface area (Å²) in [6.45, 7) is 5.27. The molecule has 0 bridgehead atoms. The molecule has 0 amide bonds. The van der Waals surface area contributed by atoms with Gasteiger partial charge in [0.15, 0.2) is 0 Å². The van der Waals surface area contributed by atoms with Crippen LogP contribution in [0, 0.1) is 5.92 Å². The monoisotopic (exact) mass is 140 g/mol. The van der Waals surface area contributed by atoms with E-state index in [1.165, 1.54) is 0 Å². The van der Waals surface area contributed by atoms with Gasteiger partial charge in [-0.2, -0.15) is 0 Å². The lowest BCUT2D eigenvalue weighted by Crippen LogP contribution is -2.16. The molecule has 1 rings (SSSR count). The molecule has 1 aliphatic rings. The number of rotatable bonds is 3. The summed E-state index contributed by atoms with van der Waals surface area (Å²) < 4.78 is 5.60. The van der Waals surface area contributed by atoms with Crippen LogP contribution in [-0.4, -0.2) is 12.7 Å². The summed E-state index contributed by atoms with van der Waals surface area (Å²) in [6, 6.07) is 0. The van der Waals surface area contributed by atoms with Crippen LogP contribution in [0.2, 0.25) is 0 Å². The quantitative estimate of drug-likeness (QED) is 0.547. The van der Waals surface area contributed by atoms with Gasteiger partial charge in [0, 0.05) is 12.5 Å². The highest BCUT2D eigenvalue weighted by molar-refractivity contribution is 5.00. The number of hydrogen-bond donors (Lipinski definition) is 0. The predicted molar refractivity (Wildman–Crippen MR) is 43.0 cm³/mol. The molecule has 1 aliphatic carbocycles. The van der Waals surface area contributed by atoms with Crippen LogP contribution in [0.3, 0.4) is 0 Å². The minimum atomic E-state index is 0.472. The van der Waals surface area contributed by atoms with Gasteiger partial charge in [0.2, 0.25) is 0 Å². The van der Waals surface area contributed by atoms with Crippen LogP contribution in [0.5, 0.6) is 0 Å². The first-order valence-electron chi connectivity index (χ1n) is 4.13. The first-order valence-corrected chi connectivity index (χ1v) is 4.13. The smallest absolute Gasteiger partial charge is 0.0669 e. The molecule has 0 aromatic heterocycles. The van der Waals surface area contributed by atoms with Crippen LogP contribution in [0.15, 0.2) is 12.2 Å². The fourth-order valence-corrected chi connectivity index (χ4v) is 1.25. The molecule has 0 fully saturated rings. The van der Waals surface area contributed by atoms with Crippen molar-refractivity contribution < 1.29 is 4.74 Å². The maximum Gasteiger partial charge on any atom is 0.0669 e. The van der Waals surface area contributed by atoms with Gasteiger partial charge < -0.3 is 4.74 Å². The summed E-state index contributed by atoms with van der Waals surface area (Å²) in [5.41, 5.74) is 0. The number of ether oxygens (including phenoxy) is 1. The average Bonchev–Trinajstić information content (AvgIpc) is 2.31. The molecule has 2 atom stereocenters. The van der Waals surface area contributed by atoms with Gasteiger partial charge in [0.25, 0.3) is 0 Å². The average molecular weight is 140 g/mol. The van der Waals surface area contributed by atoms with Crippen LogP contribution < -0.4 is 0 Å². The molecular formula is C9H16O. The van der Waals surface area contributed by atoms with Crippen LogP contribution in [0.25, 0.3) is 0 Å². The zero-order chi connectivity index (χ0) is 7.40. The second-order valence-electron chi connectivity index (χ2n) is 2.93. The highest BCUT2D eigenvalue weighted by Gasteiger charge is 2.17. The third kappa shape index (κ3) is 1.84. The van der Waals surface area contributed by atoms with E-state index >= 15 is 0 Å². The summed E-state index contributed by atoms with van der Waals surface area (Å²) in [6.07, 6.45) is 7.16. The number of hydrogen-bond acceptors (Lipinski definition) is 1. The lowest BCUT2D eigenvalue weighted by atomic mass is 10.1. The Kier molecular flexibility index (Phi) is 2.94. The van der Waals surface area contributed by atoms with Crippen molar-refractivity contribution in [3.8, 4) is 0 Å². The fraction of sp³-hybridized carbons (Fsp3) is 0.778. The summed E-state index contributed by atoms with van der Waals surface area (Å²) in [5, 5.41) is 0. The van der Waals surface area contributed by atoms with Gasteiger partial charge in [-0.05, 0) is 12.8 Å². The third-order valence-electron chi connectivity index (χ3n) is 1.93. The van der Waals surface area contributed by atoms with Gasteiger partial charge in [-0.1, -0.05) is 26.0 Å². The van der Waals surface area contributed by atoms with E-state index in [-0.39, 0.29) is 0 Å². The Hall–Kier alpha value is -0.300. The van der Waals surface area contributed by atoms with Crippen LogP contribution >= 0.6 is 0 Å². The molecule has 0 saturated carbocycles. The zero-order valence-electron chi connectivity index (χ0n) is 6.84. The van der Waals surface area contributed by atoms with Crippen molar-refractivity contribution in [2.45, 2.75) is 32.8 Å². The maximum absolute atomic E-state index is 5.60. The van der Waals surface area contributed by atoms with E-state index in [2.05, 4.69) is 26.0 Å². The summed E-state index contributed by atoms with van der Waals surface area (Å²) in [5.74, 6) is 0.631. The van der Waals surface area contributed by atoms with Gasteiger partial charge in [-0.25, -0.2) is 0 Å². The van der Waals surface area contributed by atoms with Crippen molar-refractivity contribution >= 4 is 0 Å². The standard InChI is InChI=1S/C9H16O/c1-3-7-10-9-6-4-5-8(9)2/h4-5,8-9H,3,6-7H2,1-2H3. The van der Waals surface area contributed by atoms with Gasteiger partial charge in [0.05, 0.1) is 6.10 Å². The molecule has 58 valence electrons. The Morgan fingerprint density at radius 3 is 2.90 bits per heavy atom. The molecule has 0 saturated heterocycles. The molecule has 10 heavy (non-hydrogen) atoms. The summed E-state index contributed by atoms with van der Waals surface area (Å²) in [4.78, 5) is 0. The Morgan fingerprint density at radius 1 is 1.60 bits per heavy atom. The first kappa shape index (κ1) is 7.80. The Labute approximate surface area is 63.1 Å². The van der Waals surface area contributed by atoms with E-state index in [4.69, 9.17) is 4.74 Å². The lowest BCUT2D eigenvalue weighted by molar-refractivity contribution is 0.0389. The van der Waals surface area contributed by atoms with E-state index in [1.807, 2.05) is 0 Å². The SMILES string of the molecule is CCCOC1CC=CC1C. The van der Waals surface area contributed by atoms with E-state index in [0.717, 1.165) is 19.4 Å². The molecule has 0 aromatic carbocycles. The Morgan fingerprint density at radius 2 is 2.40 bits per heavy atom. The molecule has 0 heterocycles. The fourth-order valence-electron chi connectivity index (χ4n) is 1.25. The van der Waals surface area contributed by atoms with Crippen molar-refractivity contribution in [2.75, 3.05) is 6.61 Å². The van der Waals surface area contributed by atoms with E-state index in [9.17, 15) is 0 Å². The molecule has 1 heteroatoms.